The van der Waals surface area contributed by atoms with E-state index in [0.29, 0.717) is 23.9 Å². The number of hydrogen-bond acceptors (Lipinski definition) is 5. The smallest absolute Gasteiger partial charge is 0.141 e. The van der Waals surface area contributed by atoms with Gasteiger partial charge >= 0.3 is 0 Å². The van der Waals surface area contributed by atoms with Gasteiger partial charge in [0.15, 0.2) is 0 Å². The van der Waals surface area contributed by atoms with Crippen LogP contribution >= 0.6 is 0 Å². The maximum absolute atomic E-state index is 5.66. The zero-order valence-electron chi connectivity index (χ0n) is 15.7. The maximum atomic E-state index is 5.66. The summed E-state index contributed by atoms with van der Waals surface area (Å²) >= 11 is 0. The average Bonchev–Trinajstić information content (AvgIpc) is 3.04. The summed E-state index contributed by atoms with van der Waals surface area (Å²) in [6, 6.07) is 11.7. The number of nitrogens with zero attached hydrogens (tertiary/aromatic N) is 3. The molecule has 1 aromatic carbocycles. The maximum Gasteiger partial charge on any atom is 0.141 e. The van der Waals surface area contributed by atoms with Crippen LogP contribution in [-0.2, 0) is 4.74 Å². The molecule has 5 nitrogen and oxygen atoms in total. The highest BCUT2D eigenvalue weighted by molar-refractivity contribution is 5.89. The minimum absolute atomic E-state index is 0.213. The second-order valence-electron chi connectivity index (χ2n) is 8.23. The number of nitrogens with one attached hydrogen (secondary N) is 1. The number of para-hydroxylation sites is 1. The molecule has 0 bridgehead atoms. The molecule has 0 amide bonds. The molecular formula is C21H30N4O. The van der Waals surface area contributed by atoms with Crippen LogP contribution in [0.1, 0.15) is 32.6 Å². The van der Waals surface area contributed by atoms with Crippen molar-refractivity contribution in [3.8, 4) is 0 Å². The summed E-state index contributed by atoms with van der Waals surface area (Å²) in [6.07, 6.45) is 5.36. The van der Waals surface area contributed by atoms with Crippen LogP contribution < -0.4 is 10.4 Å². The van der Waals surface area contributed by atoms with Crippen molar-refractivity contribution in [2.24, 2.45) is 16.8 Å². The number of anilines is 1. The van der Waals surface area contributed by atoms with Crippen LogP contribution in [0.2, 0.25) is 0 Å². The number of hydrazine groups is 1. The van der Waals surface area contributed by atoms with Crippen LogP contribution in [0.3, 0.4) is 0 Å². The highest BCUT2D eigenvalue weighted by Gasteiger charge is 2.52. The number of fused-ring (bicyclic) bond motifs is 2. The summed E-state index contributed by atoms with van der Waals surface area (Å²) in [6.45, 7) is 6.22. The monoisotopic (exact) mass is 354 g/mol. The second-order valence-corrected chi connectivity index (χ2v) is 8.23. The van der Waals surface area contributed by atoms with E-state index in [2.05, 4.69) is 52.6 Å². The van der Waals surface area contributed by atoms with Gasteiger partial charge in [0.25, 0.3) is 0 Å². The predicted octanol–water partition coefficient (Wildman–Crippen LogP) is 2.69. The number of benzene rings is 1. The predicted molar refractivity (Wildman–Crippen MR) is 104 cm³/mol. The first-order valence-corrected chi connectivity index (χ1v) is 10.3. The van der Waals surface area contributed by atoms with Gasteiger partial charge < -0.3 is 4.74 Å². The first-order valence-electron chi connectivity index (χ1n) is 10.3. The Bertz CT molecular complexity index is 657. The molecule has 3 aliphatic heterocycles. The zero-order chi connectivity index (χ0) is 17.5. The lowest BCUT2D eigenvalue weighted by atomic mass is 9.71. The largest absolute Gasteiger partial charge is 0.379 e. The van der Waals surface area contributed by atoms with E-state index in [1.54, 1.807) is 0 Å². The van der Waals surface area contributed by atoms with Crippen molar-refractivity contribution in [3.05, 3.63) is 30.3 Å². The van der Waals surface area contributed by atoms with Gasteiger partial charge in [0.1, 0.15) is 6.17 Å². The van der Waals surface area contributed by atoms with E-state index in [1.807, 2.05) is 0 Å². The molecule has 3 heterocycles. The van der Waals surface area contributed by atoms with E-state index >= 15 is 0 Å². The fourth-order valence-corrected chi connectivity index (χ4v) is 5.61. The molecule has 26 heavy (non-hydrogen) atoms. The van der Waals surface area contributed by atoms with Crippen molar-refractivity contribution >= 4 is 11.4 Å². The van der Waals surface area contributed by atoms with Crippen molar-refractivity contribution in [1.82, 2.24) is 10.3 Å². The van der Waals surface area contributed by atoms with Gasteiger partial charge in [0.05, 0.1) is 18.9 Å². The molecule has 5 atom stereocenters. The molecule has 4 aliphatic rings. The molecule has 5 unspecified atom stereocenters. The Kier molecular flexibility index (Phi) is 4.47. The number of hydrogen-bond donors (Lipinski definition) is 1. The van der Waals surface area contributed by atoms with E-state index < -0.39 is 0 Å². The first-order chi connectivity index (χ1) is 12.8. The summed E-state index contributed by atoms with van der Waals surface area (Å²) in [7, 11) is 0. The highest BCUT2D eigenvalue weighted by Crippen LogP contribution is 2.43. The van der Waals surface area contributed by atoms with Gasteiger partial charge in [-0.25, -0.2) is 5.43 Å². The van der Waals surface area contributed by atoms with Crippen molar-refractivity contribution in [2.45, 2.75) is 50.9 Å². The molecule has 0 spiro atoms. The minimum Gasteiger partial charge on any atom is -0.379 e. The summed E-state index contributed by atoms with van der Waals surface area (Å²) in [5.74, 6) is 1.17. The summed E-state index contributed by atoms with van der Waals surface area (Å²) in [4.78, 5) is 8.06. The third-order valence-corrected chi connectivity index (χ3v) is 6.76. The van der Waals surface area contributed by atoms with Crippen LogP contribution in [0.25, 0.3) is 0 Å². The molecule has 1 saturated carbocycles. The number of rotatable bonds is 2. The lowest BCUT2D eigenvalue weighted by Gasteiger charge is -2.48. The van der Waals surface area contributed by atoms with Gasteiger partial charge in [0.2, 0.25) is 0 Å². The molecule has 1 aromatic rings. The number of aliphatic imine (C=N–C) groups is 1. The molecule has 140 valence electrons. The second kappa shape index (κ2) is 6.95. The van der Waals surface area contributed by atoms with Crippen molar-refractivity contribution in [1.29, 1.82) is 0 Å². The molecule has 1 N–H and O–H groups in total. The van der Waals surface area contributed by atoms with E-state index in [0.717, 1.165) is 26.3 Å². The molecule has 1 aliphatic carbocycles. The molecule has 2 saturated heterocycles. The van der Waals surface area contributed by atoms with Crippen LogP contribution in [0.15, 0.2) is 35.3 Å². The van der Waals surface area contributed by atoms with Crippen LogP contribution in [0.4, 0.5) is 5.69 Å². The topological polar surface area (TPSA) is 40.1 Å². The molecule has 5 rings (SSSR count). The Morgan fingerprint density at radius 3 is 2.73 bits per heavy atom. The summed E-state index contributed by atoms with van der Waals surface area (Å²) in [5, 5.41) is 2.33. The quantitative estimate of drug-likeness (QED) is 0.886. The summed E-state index contributed by atoms with van der Waals surface area (Å²) in [5.41, 5.74) is 6.46. The molecule has 3 fully saturated rings. The first kappa shape index (κ1) is 16.7. The number of morpholine rings is 1. The molecular weight excluding hydrogens is 324 g/mol. The summed E-state index contributed by atoms with van der Waals surface area (Å²) < 4.78 is 5.66. The Balaban J connectivity index is 1.53. The standard InChI is InChI=1S/C21H30N4O/c1-15-19-20(24-11-13-26-14-12-24)17-9-5-6-10-18(17)22-21(19)25(23-15)16-7-3-2-4-8-16/h2-4,7-8,15,17,19-21,23H,5-6,9-14H2,1H3. The van der Waals surface area contributed by atoms with Gasteiger partial charge in [-0.2, -0.15) is 0 Å². The third-order valence-electron chi connectivity index (χ3n) is 6.76. The Morgan fingerprint density at radius 2 is 1.92 bits per heavy atom. The highest BCUT2D eigenvalue weighted by atomic mass is 16.5. The Hall–Kier alpha value is -1.43. The van der Waals surface area contributed by atoms with Gasteiger partial charge in [-0.05, 0) is 38.3 Å². The van der Waals surface area contributed by atoms with E-state index in [4.69, 9.17) is 9.73 Å². The molecule has 0 aromatic heterocycles. The SMILES string of the molecule is CC1NN(c2ccccc2)C2N=C3CCCCC3C(N3CCOCC3)C12. The zero-order valence-corrected chi connectivity index (χ0v) is 15.7. The van der Waals surface area contributed by atoms with Gasteiger partial charge in [-0.3, -0.25) is 14.9 Å². The average molecular weight is 354 g/mol. The van der Waals surface area contributed by atoms with Crippen molar-refractivity contribution < 1.29 is 4.74 Å². The lowest BCUT2D eigenvalue weighted by Crippen LogP contribution is -2.59. The van der Waals surface area contributed by atoms with Crippen LogP contribution in [0, 0.1) is 11.8 Å². The minimum atomic E-state index is 0.213. The van der Waals surface area contributed by atoms with Crippen molar-refractivity contribution in [2.75, 3.05) is 31.3 Å². The van der Waals surface area contributed by atoms with Crippen LogP contribution in [-0.4, -0.2) is 55.2 Å². The fourth-order valence-electron chi connectivity index (χ4n) is 5.61. The number of ether oxygens (including phenoxy) is 1. The molecule has 0 radical (unpaired) electrons. The van der Waals surface area contributed by atoms with E-state index in [9.17, 15) is 0 Å². The molecule has 5 heteroatoms. The van der Waals surface area contributed by atoms with Gasteiger partial charge in [-0.1, -0.05) is 24.6 Å². The fraction of sp³-hybridized carbons (Fsp3) is 0.667. The van der Waals surface area contributed by atoms with Gasteiger partial charge in [-0.15, -0.1) is 0 Å². The Morgan fingerprint density at radius 1 is 1.12 bits per heavy atom. The van der Waals surface area contributed by atoms with Crippen molar-refractivity contribution in [3.63, 3.8) is 0 Å². The van der Waals surface area contributed by atoms with Crippen LogP contribution in [0.5, 0.6) is 0 Å². The normalized spacial score (nSPS) is 37.8. The van der Waals surface area contributed by atoms with E-state index in [-0.39, 0.29) is 6.17 Å². The van der Waals surface area contributed by atoms with E-state index in [1.165, 1.54) is 37.1 Å². The lowest BCUT2D eigenvalue weighted by molar-refractivity contribution is -0.0145. The Labute approximate surface area is 156 Å². The third kappa shape index (κ3) is 2.77. The van der Waals surface area contributed by atoms with Gasteiger partial charge in [0, 0.05) is 42.7 Å².